The Labute approximate surface area is 112 Å². The summed E-state index contributed by atoms with van der Waals surface area (Å²) in [5.74, 6) is 0.558. The van der Waals surface area contributed by atoms with Gasteiger partial charge < -0.3 is 10.2 Å². The number of hydrogen-bond acceptors (Lipinski definition) is 3. The molecule has 1 aromatic heterocycles. The van der Waals surface area contributed by atoms with Crippen LogP contribution < -0.4 is 10.2 Å². The first kappa shape index (κ1) is 12.1. The van der Waals surface area contributed by atoms with E-state index in [1.807, 2.05) is 13.1 Å². The van der Waals surface area contributed by atoms with Gasteiger partial charge in [-0.2, -0.15) is 0 Å². The number of aromatic nitrogens is 1. The van der Waals surface area contributed by atoms with Crippen LogP contribution in [0, 0.1) is 5.82 Å². The van der Waals surface area contributed by atoms with Gasteiger partial charge >= 0.3 is 0 Å². The van der Waals surface area contributed by atoms with Crippen LogP contribution in [0.15, 0.2) is 36.5 Å². The molecule has 4 heteroatoms. The fourth-order valence-corrected chi connectivity index (χ4v) is 2.60. The van der Waals surface area contributed by atoms with E-state index in [4.69, 9.17) is 0 Å². The number of hydrogen-bond donors (Lipinski definition) is 1. The first-order chi connectivity index (χ1) is 9.29. The van der Waals surface area contributed by atoms with Gasteiger partial charge in [0.05, 0.1) is 6.20 Å². The molecule has 0 saturated carbocycles. The van der Waals surface area contributed by atoms with Gasteiger partial charge in [-0.15, -0.1) is 0 Å². The van der Waals surface area contributed by atoms with Gasteiger partial charge in [-0.05, 0) is 31.2 Å². The summed E-state index contributed by atoms with van der Waals surface area (Å²) in [6, 6.07) is 9.86. The monoisotopic (exact) mass is 257 g/mol. The highest BCUT2D eigenvalue weighted by atomic mass is 19.1. The number of rotatable bonds is 3. The first-order valence-corrected chi connectivity index (χ1v) is 6.44. The molecule has 98 valence electrons. The predicted molar refractivity (Wildman–Crippen MR) is 74.1 cm³/mol. The molecule has 0 radical (unpaired) electrons. The normalized spacial score (nSPS) is 13.7. The molecule has 1 N–H and O–H groups in total. The van der Waals surface area contributed by atoms with Crippen molar-refractivity contribution < 1.29 is 4.39 Å². The lowest BCUT2D eigenvalue weighted by Gasteiger charge is -2.21. The second-order valence-electron chi connectivity index (χ2n) is 4.70. The fraction of sp³-hybridized carbons (Fsp3) is 0.267. The minimum Gasteiger partial charge on any atom is -0.326 e. The van der Waals surface area contributed by atoms with Gasteiger partial charge in [0.2, 0.25) is 0 Å². The number of pyridine rings is 1. The van der Waals surface area contributed by atoms with E-state index in [1.54, 1.807) is 6.07 Å². The van der Waals surface area contributed by atoms with Gasteiger partial charge in [0, 0.05) is 24.3 Å². The number of para-hydroxylation sites is 1. The van der Waals surface area contributed by atoms with Crippen LogP contribution >= 0.6 is 0 Å². The molecule has 3 nitrogen and oxygen atoms in total. The zero-order valence-corrected chi connectivity index (χ0v) is 10.9. The topological polar surface area (TPSA) is 28.2 Å². The van der Waals surface area contributed by atoms with Crippen LogP contribution in [-0.2, 0) is 13.0 Å². The average molecular weight is 257 g/mol. The maximum atomic E-state index is 13.3. The summed E-state index contributed by atoms with van der Waals surface area (Å²) in [6.45, 7) is 1.51. The summed E-state index contributed by atoms with van der Waals surface area (Å²) in [5.41, 5.74) is 3.39. The lowest BCUT2D eigenvalue weighted by Crippen LogP contribution is -2.19. The standard InChI is InChI=1S/C15H16FN3/c1-17-9-12-8-13(16)10-18-15(12)19-7-6-11-4-2-3-5-14(11)19/h2-5,8,10,17H,6-7,9H2,1H3. The van der Waals surface area contributed by atoms with Gasteiger partial charge in [-0.3, -0.25) is 0 Å². The average Bonchev–Trinajstić information content (AvgIpc) is 2.83. The van der Waals surface area contributed by atoms with Crippen molar-refractivity contribution in [1.29, 1.82) is 0 Å². The van der Waals surface area contributed by atoms with E-state index in [0.717, 1.165) is 24.3 Å². The third-order valence-corrected chi connectivity index (χ3v) is 3.42. The molecule has 0 spiro atoms. The minimum absolute atomic E-state index is 0.290. The molecule has 1 aliphatic heterocycles. The van der Waals surface area contributed by atoms with Gasteiger partial charge in [0.1, 0.15) is 11.6 Å². The SMILES string of the molecule is CNCc1cc(F)cnc1N1CCc2ccccc21. The molecule has 19 heavy (non-hydrogen) atoms. The second kappa shape index (κ2) is 4.97. The molecule has 0 unspecified atom stereocenters. The predicted octanol–water partition coefficient (Wildman–Crippen LogP) is 2.63. The molecule has 0 amide bonds. The van der Waals surface area contributed by atoms with Gasteiger partial charge in [0.25, 0.3) is 0 Å². The van der Waals surface area contributed by atoms with E-state index in [2.05, 4.69) is 33.4 Å². The van der Waals surface area contributed by atoms with E-state index in [1.165, 1.54) is 17.4 Å². The Morgan fingerprint density at radius 3 is 3.05 bits per heavy atom. The number of benzene rings is 1. The summed E-state index contributed by atoms with van der Waals surface area (Å²) < 4.78 is 13.3. The maximum Gasteiger partial charge on any atom is 0.141 e. The Balaban J connectivity index is 2.04. The number of nitrogens with one attached hydrogen (secondary N) is 1. The molecule has 0 fully saturated rings. The van der Waals surface area contributed by atoms with E-state index in [-0.39, 0.29) is 5.82 Å². The van der Waals surface area contributed by atoms with Crippen molar-refractivity contribution >= 4 is 11.5 Å². The van der Waals surface area contributed by atoms with E-state index in [0.29, 0.717) is 6.54 Å². The highest BCUT2D eigenvalue weighted by Gasteiger charge is 2.22. The van der Waals surface area contributed by atoms with Crippen molar-refractivity contribution in [2.45, 2.75) is 13.0 Å². The maximum absolute atomic E-state index is 13.3. The molecule has 0 atom stereocenters. The van der Waals surface area contributed by atoms with Crippen molar-refractivity contribution in [1.82, 2.24) is 10.3 Å². The smallest absolute Gasteiger partial charge is 0.141 e. The van der Waals surface area contributed by atoms with Crippen molar-refractivity contribution in [3.63, 3.8) is 0 Å². The summed E-state index contributed by atoms with van der Waals surface area (Å²) in [4.78, 5) is 6.46. The number of nitrogens with zero attached hydrogens (tertiary/aromatic N) is 2. The Hall–Kier alpha value is -1.94. The van der Waals surface area contributed by atoms with Crippen molar-refractivity contribution in [3.05, 3.63) is 53.5 Å². The van der Waals surface area contributed by atoms with Crippen LogP contribution in [0.25, 0.3) is 0 Å². The summed E-state index contributed by atoms with van der Waals surface area (Å²) in [5, 5.41) is 3.07. The molecular formula is C15H16FN3. The highest BCUT2D eigenvalue weighted by molar-refractivity contribution is 5.69. The quantitative estimate of drug-likeness (QED) is 0.916. The van der Waals surface area contributed by atoms with Crippen LogP contribution in [0.4, 0.5) is 15.9 Å². The third kappa shape index (κ3) is 2.19. The van der Waals surface area contributed by atoms with Crippen molar-refractivity contribution in [2.24, 2.45) is 0 Å². The molecule has 1 aliphatic rings. The molecule has 1 aromatic carbocycles. The third-order valence-electron chi connectivity index (χ3n) is 3.42. The highest BCUT2D eigenvalue weighted by Crippen LogP contribution is 2.34. The number of fused-ring (bicyclic) bond motifs is 1. The summed E-state index contributed by atoms with van der Waals surface area (Å²) in [7, 11) is 1.85. The lowest BCUT2D eigenvalue weighted by atomic mass is 10.2. The molecule has 3 rings (SSSR count). The van der Waals surface area contributed by atoms with Crippen LogP contribution in [0.2, 0.25) is 0 Å². The molecular weight excluding hydrogens is 241 g/mol. The molecule has 0 saturated heterocycles. The Morgan fingerprint density at radius 2 is 2.21 bits per heavy atom. The minimum atomic E-state index is -0.290. The van der Waals surface area contributed by atoms with Gasteiger partial charge in [-0.25, -0.2) is 9.37 Å². The lowest BCUT2D eigenvalue weighted by molar-refractivity contribution is 0.616. The molecule has 0 aliphatic carbocycles. The van der Waals surface area contributed by atoms with Crippen molar-refractivity contribution in [3.8, 4) is 0 Å². The fourth-order valence-electron chi connectivity index (χ4n) is 2.60. The second-order valence-corrected chi connectivity index (χ2v) is 4.70. The largest absolute Gasteiger partial charge is 0.326 e. The Kier molecular flexibility index (Phi) is 3.17. The summed E-state index contributed by atoms with van der Waals surface area (Å²) >= 11 is 0. The zero-order valence-electron chi connectivity index (χ0n) is 10.9. The molecule has 2 aromatic rings. The Bertz CT molecular complexity index is 598. The zero-order chi connectivity index (χ0) is 13.2. The summed E-state index contributed by atoms with van der Waals surface area (Å²) in [6.07, 6.45) is 2.30. The van der Waals surface area contributed by atoms with E-state index < -0.39 is 0 Å². The van der Waals surface area contributed by atoms with Crippen LogP contribution in [0.5, 0.6) is 0 Å². The van der Waals surface area contributed by atoms with Crippen LogP contribution in [0.3, 0.4) is 0 Å². The van der Waals surface area contributed by atoms with Crippen LogP contribution in [0.1, 0.15) is 11.1 Å². The van der Waals surface area contributed by atoms with E-state index in [9.17, 15) is 4.39 Å². The van der Waals surface area contributed by atoms with Crippen molar-refractivity contribution in [2.75, 3.05) is 18.5 Å². The number of halogens is 1. The van der Waals surface area contributed by atoms with Gasteiger partial charge in [0.15, 0.2) is 0 Å². The first-order valence-electron chi connectivity index (χ1n) is 6.44. The molecule has 2 heterocycles. The number of anilines is 2. The van der Waals surface area contributed by atoms with E-state index >= 15 is 0 Å². The van der Waals surface area contributed by atoms with Crippen LogP contribution in [-0.4, -0.2) is 18.6 Å². The van der Waals surface area contributed by atoms with Gasteiger partial charge in [-0.1, -0.05) is 18.2 Å². The Morgan fingerprint density at radius 1 is 1.37 bits per heavy atom. The molecule has 0 bridgehead atoms.